The van der Waals surface area contributed by atoms with Crippen molar-refractivity contribution in [2.75, 3.05) is 12.4 Å². The highest BCUT2D eigenvalue weighted by Crippen LogP contribution is 2.15. The predicted molar refractivity (Wildman–Crippen MR) is 92.7 cm³/mol. The standard InChI is InChI=1S/C16H15N3O7S/c1-10(20)18-12-4-6-13(7-5-12)27(23,24)19-15(21)11-3-8-14(17-9-11)26-16(22)25-2/h3-9H,1-2H3,(H,18,20)(H,19,21). The lowest BCUT2D eigenvalue weighted by molar-refractivity contribution is -0.114. The van der Waals surface area contributed by atoms with E-state index in [0.29, 0.717) is 5.69 Å². The van der Waals surface area contributed by atoms with Crippen molar-refractivity contribution >= 4 is 33.7 Å². The van der Waals surface area contributed by atoms with Gasteiger partial charge >= 0.3 is 6.16 Å². The zero-order valence-corrected chi connectivity index (χ0v) is 15.1. The van der Waals surface area contributed by atoms with Crippen molar-refractivity contribution in [3.63, 3.8) is 0 Å². The van der Waals surface area contributed by atoms with E-state index < -0.39 is 22.1 Å². The number of methoxy groups -OCH3 is 1. The third kappa shape index (κ3) is 5.51. The summed E-state index contributed by atoms with van der Waals surface area (Å²) in [7, 11) is -3.01. The van der Waals surface area contributed by atoms with Crippen LogP contribution in [0.4, 0.5) is 10.5 Å². The Kier molecular flexibility index (Phi) is 6.08. The third-order valence-corrected chi connectivity index (χ3v) is 4.41. The molecule has 0 radical (unpaired) electrons. The van der Waals surface area contributed by atoms with E-state index in [2.05, 4.69) is 19.8 Å². The van der Waals surface area contributed by atoms with Crippen molar-refractivity contribution in [3.8, 4) is 5.88 Å². The van der Waals surface area contributed by atoms with E-state index in [1.807, 2.05) is 4.72 Å². The maximum atomic E-state index is 12.3. The Balaban J connectivity index is 2.09. The lowest BCUT2D eigenvalue weighted by atomic mass is 10.3. The van der Waals surface area contributed by atoms with E-state index in [1.54, 1.807) is 0 Å². The van der Waals surface area contributed by atoms with Gasteiger partial charge in [-0.05, 0) is 30.3 Å². The summed E-state index contributed by atoms with van der Waals surface area (Å²) < 4.78 is 35.4. The van der Waals surface area contributed by atoms with E-state index in [-0.39, 0.29) is 22.2 Å². The zero-order valence-electron chi connectivity index (χ0n) is 14.3. The predicted octanol–water partition coefficient (Wildman–Crippen LogP) is 1.30. The van der Waals surface area contributed by atoms with Gasteiger partial charge in [0.1, 0.15) is 0 Å². The van der Waals surface area contributed by atoms with Crippen LogP contribution in [-0.2, 0) is 19.6 Å². The number of nitrogens with one attached hydrogen (secondary N) is 2. The molecule has 0 aliphatic heterocycles. The Labute approximate surface area is 154 Å². The molecule has 11 heteroatoms. The molecule has 2 aromatic rings. The van der Waals surface area contributed by atoms with Crippen molar-refractivity contribution in [1.29, 1.82) is 0 Å². The molecule has 0 saturated carbocycles. The van der Waals surface area contributed by atoms with E-state index in [0.717, 1.165) is 13.3 Å². The fourth-order valence-electron chi connectivity index (χ4n) is 1.86. The lowest BCUT2D eigenvalue weighted by Gasteiger charge is -2.08. The summed E-state index contributed by atoms with van der Waals surface area (Å²) in [4.78, 5) is 37.6. The molecule has 142 valence electrons. The smallest absolute Gasteiger partial charge is 0.437 e. The minimum absolute atomic E-state index is 0.0642. The van der Waals surface area contributed by atoms with Crippen LogP contribution in [-0.4, -0.2) is 38.5 Å². The molecular formula is C16H15N3O7S. The number of carbonyl (C=O) groups is 3. The van der Waals surface area contributed by atoms with Crippen LogP contribution in [0.5, 0.6) is 5.88 Å². The lowest BCUT2D eigenvalue weighted by Crippen LogP contribution is -2.30. The Morgan fingerprint density at radius 3 is 2.22 bits per heavy atom. The van der Waals surface area contributed by atoms with Crippen LogP contribution in [0.1, 0.15) is 17.3 Å². The van der Waals surface area contributed by atoms with Gasteiger partial charge in [0.05, 0.1) is 17.6 Å². The fourth-order valence-corrected chi connectivity index (χ4v) is 2.84. The van der Waals surface area contributed by atoms with E-state index in [9.17, 15) is 22.8 Å². The molecular weight excluding hydrogens is 378 g/mol. The number of hydrogen-bond acceptors (Lipinski definition) is 8. The number of aromatic nitrogens is 1. The number of sulfonamides is 1. The minimum Gasteiger partial charge on any atom is -0.437 e. The summed E-state index contributed by atoms with van der Waals surface area (Å²) in [5.41, 5.74) is 0.351. The quantitative estimate of drug-likeness (QED) is 0.724. The highest BCUT2D eigenvalue weighted by molar-refractivity contribution is 7.90. The maximum Gasteiger partial charge on any atom is 0.514 e. The number of hydrogen-bond donors (Lipinski definition) is 2. The number of rotatable bonds is 5. The van der Waals surface area contributed by atoms with E-state index in [4.69, 9.17) is 0 Å². The molecule has 0 aliphatic rings. The second-order valence-electron chi connectivity index (χ2n) is 5.08. The molecule has 1 aromatic heterocycles. The van der Waals surface area contributed by atoms with Gasteiger partial charge in [0, 0.05) is 24.9 Å². The first kappa shape index (κ1) is 19.8. The van der Waals surface area contributed by atoms with Gasteiger partial charge in [0.2, 0.25) is 11.8 Å². The zero-order chi connectivity index (χ0) is 20.0. The molecule has 27 heavy (non-hydrogen) atoms. The van der Waals surface area contributed by atoms with Crippen LogP contribution >= 0.6 is 0 Å². The van der Waals surface area contributed by atoms with Crippen molar-refractivity contribution in [3.05, 3.63) is 48.2 Å². The highest BCUT2D eigenvalue weighted by atomic mass is 32.2. The van der Waals surface area contributed by atoms with Gasteiger partial charge in [-0.15, -0.1) is 0 Å². The molecule has 0 fully saturated rings. The van der Waals surface area contributed by atoms with Crippen LogP contribution in [0, 0.1) is 0 Å². The Hall–Kier alpha value is -3.47. The van der Waals surface area contributed by atoms with Gasteiger partial charge in [0.15, 0.2) is 0 Å². The second-order valence-corrected chi connectivity index (χ2v) is 6.76. The topological polar surface area (TPSA) is 141 Å². The second kappa shape index (κ2) is 8.27. The third-order valence-electron chi connectivity index (χ3n) is 3.07. The molecule has 1 aromatic carbocycles. The number of ether oxygens (including phenoxy) is 2. The number of anilines is 1. The average Bonchev–Trinajstić information content (AvgIpc) is 2.61. The van der Waals surface area contributed by atoms with Crippen LogP contribution in [0.25, 0.3) is 0 Å². The Bertz CT molecular complexity index is 955. The molecule has 2 N–H and O–H groups in total. The molecule has 0 atom stereocenters. The molecule has 2 rings (SSSR count). The van der Waals surface area contributed by atoms with Crippen molar-refractivity contribution in [1.82, 2.24) is 9.71 Å². The molecule has 0 bridgehead atoms. The normalized spacial score (nSPS) is 10.6. The van der Waals surface area contributed by atoms with E-state index in [1.165, 1.54) is 43.3 Å². The first-order valence-corrected chi connectivity index (χ1v) is 8.86. The molecule has 0 saturated heterocycles. The van der Waals surface area contributed by atoms with E-state index >= 15 is 0 Å². The van der Waals surface area contributed by atoms with Gasteiger partial charge < -0.3 is 14.8 Å². The fraction of sp³-hybridized carbons (Fsp3) is 0.125. The van der Waals surface area contributed by atoms with Crippen LogP contribution in [0.2, 0.25) is 0 Å². The number of amides is 2. The highest BCUT2D eigenvalue weighted by Gasteiger charge is 2.19. The Morgan fingerprint density at radius 1 is 1.04 bits per heavy atom. The number of benzene rings is 1. The molecule has 1 heterocycles. The van der Waals surface area contributed by atoms with Crippen LogP contribution in [0.3, 0.4) is 0 Å². The molecule has 0 unspecified atom stereocenters. The van der Waals surface area contributed by atoms with Crippen molar-refractivity contribution in [2.24, 2.45) is 0 Å². The van der Waals surface area contributed by atoms with Crippen LogP contribution in [0.15, 0.2) is 47.5 Å². The molecule has 2 amide bonds. The minimum atomic E-state index is -4.13. The molecule has 0 spiro atoms. The van der Waals surface area contributed by atoms with Gasteiger partial charge in [0.25, 0.3) is 15.9 Å². The number of carbonyl (C=O) groups excluding carboxylic acids is 3. The van der Waals surface area contributed by atoms with Crippen LogP contribution < -0.4 is 14.8 Å². The molecule has 0 aliphatic carbocycles. The van der Waals surface area contributed by atoms with Gasteiger partial charge in [-0.1, -0.05) is 0 Å². The first-order chi connectivity index (χ1) is 12.7. The SMILES string of the molecule is COC(=O)Oc1ccc(C(=O)NS(=O)(=O)c2ccc(NC(C)=O)cc2)cn1. The first-order valence-electron chi connectivity index (χ1n) is 7.38. The Morgan fingerprint density at radius 2 is 1.70 bits per heavy atom. The van der Waals surface area contributed by atoms with Gasteiger partial charge in [-0.3, -0.25) is 9.59 Å². The number of pyridine rings is 1. The summed E-state index contributed by atoms with van der Waals surface area (Å²) in [6.07, 6.45) is 0.0632. The monoisotopic (exact) mass is 393 g/mol. The summed E-state index contributed by atoms with van der Waals surface area (Å²) in [5.74, 6) is -1.33. The van der Waals surface area contributed by atoms with Crippen molar-refractivity contribution in [2.45, 2.75) is 11.8 Å². The largest absolute Gasteiger partial charge is 0.514 e. The number of nitrogens with zero attached hydrogens (tertiary/aromatic N) is 1. The van der Waals surface area contributed by atoms with Crippen molar-refractivity contribution < 1.29 is 32.3 Å². The summed E-state index contributed by atoms with van der Waals surface area (Å²) >= 11 is 0. The summed E-state index contributed by atoms with van der Waals surface area (Å²) in [6, 6.07) is 7.71. The average molecular weight is 393 g/mol. The molecule has 10 nitrogen and oxygen atoms in total. The summed E-state index contributed by atoms with van der Waals surface area (Å²) in [6.45, 7) is 1.32. The summed E-state index contributed by atoms with van der Waals surface area (Å²) in [5, 5.41) is 2.50. The van der Waals surface area contributed by atoms with Gasteiger partial charge in [-0.2, -0.15) is 0 Å². The maximum absolute atomic E-state index is 12.3. The van der Waals surface area contributed by atoms with Gasteiger partial charge in [-0.25, -0.2) is 22.9 Å².